The predicted octanol–water partition coefficient (Wildman–Crippen LogP) is 1.88. The molecule has 0 amide bonds. The van der Waals surface area contributed by atoms with Gasteiger partial charge in [-0.1, -0.05) is 6.07 Å². The molecule has 0 saturated carbocycles. The van der Waals surface area contributed by atoms with E-state index in [-0.39, 0.29) is 37.1 Å². The van der Waals surface area contributed by atoms with Crippen molar-refractivity contribution in [3.63, 3.8) is 0 Å². The van der Waals surface area contributed by atoms with Crippen LogP contribution in [0.3, 0.4) is 0 Å². The Balaban J connectivity index is 2.13. The van der Waals surface area contributed by atoms with E-state index in [2.05, 4.69) is 0 Å². The van der Waals surface area contributed by atoms with E-state index in [4.69, 9.17) is 29.4 Å². The Morgan fingerprint density at radius 1 is 1.03 bits per heavy atom. The third-order valence-electron chi connectivity index (χ3n) is 3.95. The number of esters is 3. The molecule has 30 heavy (non-hydrogen) atoms. The van der Waals surface area contributed by atoms with Crippen LogP contribution in [0.5, 0.6) is 11.5 Å². The van der Waals surface area contributed by atoms with Crippen molar-refractivity contribution in [1.82, 2.24) is 0 Å². The highest BCUT2D eigenvalue weighted by atomic mass is 16.8. The van der Waals surface area contributed by atoms with Gasteiger partial charge in [0, 0.05) is 6.04 Å². The van der Waals surface area contributed by atoms with Gasteiger partial charge in [0.2, 0.25) is 0 Å². The van der Waals surface area contributed by atoms with Crippen molar-refractivity contribution < 1.29 is 38.1 Å². The average molecular weight is 423 g/mol. The van der Waals surface area contributed by atoms with Crippen molar-refractivity contribution in [3.8, 4) is 11.5 Å². The van der Waals surface area contributed by atoms with E-state index >= 15 is 0 Å². The third kappa shape index (κ3) is 5.63. The minimum absolute atomic E-state index is 0.0355. The molecule has 1 unspecified atom stereocenters. The minimum Gasteiger partial charge on any atom is -0.460 e. The fourth-order valence-electron chi connectivity index (χ4n) is 2.85. The molecule has 0 aliphatic carbocycles. The lowest BCUT2D eigenvalue weighted by atomic mass is 10.0. The van der Waals surface area contributed by atoms with E-state index in [9.17, 15) is 14.4 Å². The first-order valence-electron chi connectivity index (χ1n) is 9.83. The summed E-state index contributed by atoms with van der Waals surface area (Å²) in [6.45, 7) is 8.63. The second-order valence-corrected chi connectivity index (χ2v) is 7.80. The van der Waals surface area contributed by atoms with Gasteiger partial charge in [0.25, 0.3) is 0 Å². The zero-order valence-corrected chi connectivity index (χ0v) is 18.0. The van der Waals surface area contributed by atoms with E-state index < -0.39 is 29.4 Å². The molecule has 0 spiro atoms. The van der Waals surface area contributed by atoms with Crippen LogP contribution in [-0.2, 0) is 35.0 Å². The quantitative estimate of drug-likeness (QED) is 0.379. The molecule has 1 aromatic carbocycles. The van der Waals surface area contributed by atoms with Crippen LogP contribution in [0.1, 0.15) is 46.6 Å². The van der Waals surface area contributed by atoms with Crippen molar-refractivity contribution >= 4 is 17.9 Å². The number of nitrogens with two attached hydrogens (primary N) is 1. The predicted molar refractivity (Wildman–Crippen MR) is 106 cm³/mol. The maximum Gasteiger partial charge on any atom is 0.453 e. The summed E-state index contributed by atoms with van der Waals surface area (Å²) in [5, 5.41) is 0. The largest absolute Gasteiger partial charge is 0.460 e. The molecule has 0 aromatic heterocycles. The molecule has 0 saturated heterocycles. The van der Waals surface area contributed by atoms with Gasteiger partial charge < -0.3 is 29.4 Å². The Morgan fingerprint density at radius 2 is 1.60 bits per heavy atom. The molecule has 2 rings (SSSR count). The number of fused-ring (bicyclic) bond motifs is 1. The van der Waals surface area contributed by atoms with Gasteiger partial charge in [-0.05, 0) is 58.7 Å². The van der Waals surface area contributed by atoms with Crippen LogP contribution >= 0.6 is 0 Å². The highest BCUT2D eigenvalue weighted by Gasteiger charge is 2.59. The SMILES string of the molecule is CCOC(=O)C1(C(=O)OCC)Oc2ccc(CC(N)CC(=O)OC(C)(C)C)cc2O1. The van der Waals surface area contributed by atoms with E-state index in [1.807, 2.05) is 0 Å². The molecule has 9 heteroatoms. The van der Waals surface area contributed by atoms with Crippen molar-refractivity contribution in [2.24, 2.45) is 5.73 Å². The summed E-state index contributed by atoms with van der Waals surface area (Å²) in [5.74, 6) is -4.35. The summed E-state index contributed by atoms with van der Waals surface area (Å²) in [4.78, 5) is 36.8. The first-order chi connectivity index (χ1) is 14.0. The summed E-state index contributed by atoms with van der Waals surface area (Å²) in [5.41, 5.74) is 6.23. The monoisotopic (exact) mass is 423 g/mol. The summed E-state index contributed by atoms with van der Waals surface area (Å²) in [7, 11) is 0. The number of carbonyl (C=O) groups is 3. The number of carbonyl (C=O) groups excluding carboxylic acids is 3. The molecule has 2 N–H and O–H groups in total. The Hall–Kier alpha value is -2.81. The molecule has 1 aliphatic rings. The van der Waals surface area contributed by atoms with E-state index in [0.29, 0.717) is 6.42 Å². The van der Waals surface area contributed by atoms with Gasteiger partial charge in [0.15, 0.2) is 11.5 Å². The smallest absolute Gasteiger partial charge is 0.453 e. The highest BCUT2D eigenvalue weighted by Crippen LogP contribution is 2.41. The summed E-state index contributed by atoms with van der Waals surface area (Å²) in [6.07, 6.45) is 0.392. The maximum atomic E-state index is 12.4. The van der Waals surface area contributed by atoms with Crippen LogP contribution in [0.2, 0.25) is 0 Å². The molecule has 0 fully saturated rings. The zero-order valence-electron chi connectivity index (χ0n) is 18.0. The van der Waals surface area contributed by atoms with E-state index in [1.54, 1.807) is 52.8 Å². The van der Waals surface area contributed by atoms with E-state index in [1.165, 1.54) is 0 Å². The molecular formula is C21H29NO8. The molecule has 166 valence electrons. The van der Waals surface area contributed by atoms with Gasteiger partial charge in [-0.25, -0.2) is 9.59 Å². The van der Waals surface area contributed by atoms with Crippen LogP contribution in [0.4, 0.5) is 0 Å². The van der Waals surface area contributed by atoms with Crippen molar-refractivity contribution in [3.05, 3.63) is 23.8 Å². The van der Waals surface area contributed by atoms with Crippen molar-refractivity contribution in [1.29, 1.82) is 0 Å². The highest BCUT2D eigenvalue weighted by molar-refractivity contribution is 6.03. The lowest BCUT2D eigenvalue weighted by molar-refractivity contribution is -0.202. The van der Waals surface area contributed by atoms with Gasteiger partial charge in [0.1, 0.15) is 5.60 Å². The standard InChI is InChI=1S/C21H29NO8/c1-6-26-18(24)21(19(25)27-7-2)28-15-9-8-13(11-16(15)29-21)10-14(22)12-17(23)30-20(3,4)5/h8-9,11,14H,6-7,10,12,22H2,1-5H3. The van der Waals surface area contributed by atoms with Gasteiger partial charge in [-0.15, -0.1) is 0 Å². The Bertz CT molecular complexity index is 781. The fourth-order valence-corrected chi connectivity index (χ4v) is 2.85. The summed E-state index contributed by atoms with van der Waals surface area (Å²) >= 11 is 0. The van der Waals surface area contributed by atoms with Gasteiger partial charge >= 0.3 is 23.7 Å². The fraction of sp³-hybridized carbons (Fsp3) is 0.571. The topological polar surface area (TPSA) is 123 Å². The average Bonchev–Trinajstić information content (AvgIpc) is 3.00. The molecular weight excluding hydrogens is 394 g/mol. The minimum atomic E-state index is -2.34. The Morgan fingerprint density at radius 3 is 2.13 bits per heavy atom. The number of benzene rings is 1. The van der Waals surface area contributed by atoms with Crippen LogP contribution < -0.4 is 15.2 Å². The normalized spacial score (nSPS) is 15.3. The molecule has 1 heterocycles. The summed E-state index contributed by atoms with van der Waals surface area (Å²) in [6, 6.07) is 4.39. The molecule has 1 aromatic rings. The first-order valence-corrected chi connectivity index (χ1v) is 9.83. The third-order valence-corrected chi connectivity index (χ3v) is 3.95. The molecule has 1 aliphatic heterocycles. The van der Waals surface area contributed by atoms with Crippen molar-refractivity contribution in [2.45, 2.75) is 64.9 Å². The molecule has 1 atom stereocenters. The van der Waals surface area contributed by atoms with Gasteiger partial charge in [0.05, 0.1) is 19.6 Å². The van der Waals surface area contributed by atoms with Gasteiger partial charge in [-0.2, -0.15) is 0 Å². The lowest BCUT2D eigenvalue weighted by Crippen LogP contribution is -2.55. The maximum absolute atomic E-state index is 12.4. The number of hydrogen-bond donors (Lipinski definition) is 1. The van der Waals surface area contributed by atoms with Crippen molar-refractivity contribution in [2.75, 3.05) is 13.2 Å². The van der Waals surface area contributed by atoms with Crippen LogP contribution in [0, 0.1) is 0 Å². The van der Waals surface area contributed by atoms with E-state index in [0.717, 1.165) is 5.56 Å². The second kappa shape index (κ2) is 9.34. The zero-order chi connectivity index (χ0) is 22.5. The van der Waals surface area contributed by atoms with Crippen LogP contribution in [0.15, 0.2) is 18.2 Å². The molecule has 0 bridgehead atoms. The number of rotatable bonds is 8. The summed E-state index contributed by atoms with van der Waals surface area (Å²) < 4.78 is 26.3. The number of ether oxygens (including phenoxy) is 5. The van der Waals surface area contributed by atoms with Gasteiger partial charge in [-0.3, -0.25) is 4.79 Å². The molecule has 0 radical (unpaired) electrons. The second-order valence-electron chi connectivity index (χ2n) is 7.80. The lowest BCUT2D eigenvalue weighted by Gasteiger charge is -2.22. The first kappa shape index (κ1) is 23.5. The number of hydrogen-bond acceptors (Lipinski definition) is 9. The Labute approximate surface area is 175 Å². The Kier molecular flexibility index (Phi) is 7.30. The van der Waals surface area contributed by atoms with Crippen LogP contribution in [0.25, 0.3) is 0 Å². The molecule has 9 nitrogen and oxygen atoms in total. The van der Waals surface area contributed by atoms with Crippen LogP contribution in [-0.4, -0.2) is 48.6 Å².